The zero-order valence-corrected chi connectivity index (χ0v) is 10.4. The Morgan fingerprint density at radius 2 is 1.88 bits per heavy atom. The minimum Gasteiger partial charge on any atom is -0.373 e. The smallest absolute Gasteiger partial charge is 0.150 e. The second-order valence-electron chi connectivity index (χ2n) is 4.68. The van der Waals surface area contributed by atoms with Gasteiger partial charge < -0.3 is 9.80 Å². The lowest BCUT2D eigenvalue weighted by molar-refractivity contribution is 0.112. The molecule has 0 bridgehead atoms. The van der Waals surface area contributed by atoms with Gasteiger partial charge in [-0.15, -0.1) is 0 Å². The average molecular weight is 232 g/mol. The van der Waals surface area contributed by atoms with Crippen LogP contribution in [0.15, 0.2) is 24.3 Å². The van der Waals surface area contributed by atoms with Gasteiger partial charge in [-0.2, -0.15) is 0 Å². The Labute approximate surface area is 103 Å². The fourth-order valence-electron chi connectivity index (χ4n) is 2.23. The minimum absolute atomic E-state index is 0.738. The highest BCUT2D eigenvalue weighted by Gasteiger charge is 2.11. The van der Waals surface area contributed by atoms with Gasteiger partial charge in [0.15, 0.2) is 0 Å². The Kier molecular flexibility index (Phi) is 4.15. The second kappa shape index (κ2) is 5.82. The molecule has 2 rings (SSSR count). The van der Waals surface area contributed by atoms with Crippen LogP contribution >= 0.6 is 0 Å². The number of anilines is 1. The first-order valence-corrected chi connectivity index (χ1v) is 6.28. The van der Waals surface area contributed by atoms with Crippen molar-refractivity contribution >= 4 is 12.0 Å². The summed E-state index contributed by atoms with van der Waals surface area (Å²) in [6.07, 6.45) is 3.57. The maximum atomic E-state index is 10.6. The molecule has 1 saturated heterocycles. The zero-order chi connectivity index (χ0) is 12.1. The van der Waals surface area contributed by atoms with E-state index >= 15 is 0 Å². The fraction of sp³-hybridized carbons (Fsp3) is 0.500. The third kappa shape index (κ3) is 3.30. The summed E-state index contributed by atoms with van der Waals surface area (Å²) in [5, 5.41) is 0. The molecule has 3 heteroatoms. The van der Waals surface area contributed by atoms with Gasteiger partial charge in [-0.05, 0) is 50.2 Å². The van der Waals surface area contributed by atoms with E-state index in [2.05, 4.69) is 16.8 Å². The summed E-state index contributed by atoms with van der Waals surface area (Å²) >= 11 is 0. The topological polar surface area (TPSA) is 23.6 Å². The van der Waals surface area contributed by atoms with E-state index in [0.29, 0.717) is 0 Å². The number of hydrogen-bond acceptors (Lipinski definition) is 3. The van der Waals surface area contributed by atoms with Gasteiger partial charge in [-0.3, -0.25) is 4.79 Å². The third-order valence-electron chi connectivity index (χ3n) is 3.42. The molecule has 0 amide bonds. The van der Waals surface area contributed by atoms with Crippen LogP contribution in [0.1, 0.15) is 23.2 Å². The molecule has 1 aromatic carbocycles. The highest BCUT2D eigenvalue weighted by atomic mass is 16.1. The molecule has 0 aromatic heterocycles. The van der Waals surface area contributed by atoms with E-state index in [1.165, 1.54) is 31.6 Å². The van der Waals surface area contributed by atoms with Gasteiger partial charge >= 0.3 is 0 Å². The lowest BCUT2D eigenvalue weighted by atomic mass is 10.2. The van der Waals surface area contributed by atoms with Gasteiger partial charge in [-0.1, -0.05) is 0 Å². The van der Waals surface area contributed by atoms with E-state index in [9.17, 15) is 4.79 Å². The molecule has 1 aromatic rings. The molecule has 0 saturated carbocycles. The standard InChI is InChI=1S/C14H20N2O/c1-15(10-11-16-8-2-3-9-16)14-6-4-13(12-17)5-7-14/h4-7,12H,2-3,8-11H2,1H3. The molecule has 17 heavy (non-hydrogen) atoms. The first-order chi connectivity index (χ1) is 8.29. The summed E-state index contributed by atoms with van der Waals surface area (Å²) in [4.78, 5) is 15.3. The number of aldehydes is 1. The summed E-state index contributed by atoms with van der Waals surface area (Å²) < 4.78 is 0. The molecular weight excluding hydrogens is 212 g/mol. The van der Waals surface area contributed by atoms with Crippen LogP contribution in [0, 0.1) is 0 Å². The molecular formula is C14H20N2O. The number of carbonyl (C=O) groups excluding carboxylic acids is 1. The van der Waals surface area contributed by atoms with Crippen LogP contribution in [0.4, 0.5) is 5.69 Å². The number of benzene rings is 1. The van der Waals surface area contributed by atoms with Crippen LogP contribution < -0.4 is 4.90 Å². The Morgan fingerprint density at radius 1 is 1.24 bits per heavy atom. The number of likely N-dealkylation sites (N-methyl/N-ethyl adjacent to an activating group) is 1. The molecule has 3 nitrogen and oxygen atoms in total. The van der Waals surface area contributed by atoms with Gasteiger partial charge in [0.05, 0.1) is 0 Å². The third-order valence-corrected chi connectivity index (χ3v) is 3.42. The molecule has 0 spiro atoms. The van der Waals surface area contributed by atoms with Crippen molar-refractivity contribution in [2.75, 3.05) is 38.1 Å². The van der Waals surface area contributed by atoms with Crippen LogP contribution in [0.25, 0.3) is 0 Å². The van der Waals surface area contributed by atoms with Gasteiger partial charge in [0, 0.05) is 31.4 Å². The fourth-order valence-corrected chi connectivity index (χ4v) is 2.23. The van der Waals surface area contributed by atoms with Gasteiger partial charge in [-0.25, -0.2) is 0 Å². The van der Waals surface area contributed by atoms with Crippen LogP contribution in [0.5, 0.6) is 0 Å². The molecule has 92 valence electrons. The van der Waals surface area contributed by atoms with Crippen molar-refractivity contribution < 1.29 is 4.79 Å². The second-order valence-corrected chi connectivity index (χ2v) is 4.68. The summed E-state index contributed by atoms with van der Waals surface area (Å²) in [5.41, 5.74) is 1.91. The van der Waals surface area contributed by atoms with E-state index in [-0.39, 0.29) is 0 Å². The van der Waals surface area contributed by atoms with Crippen molar-refractivity contribution in [3.63, 3.8) is 0 Å². The molecule has 0 N–H and O–H groups in total. The van der Waals surface area contributed by atoms with Crippen LogP contribution in [-0.4, -0.2) is 44.4 Å². The highest BCUT2D eigenvalue weighted by Crippen LogP contribution is 2.13. The average Bonchev–Trinajstić information content (AvgIpc) is 2.89. The number of likely N-dealkylation sites (tertiary alicyclic amines) is 1. The molecule has 1 fully saturated rings. The van der Waals surface area contributed by atoms with E-state index in [4.69, 9.17) is 0 Å². The first-order valence-electron chi connectivity index (χ1n) is 6.28. The van der Waals surface area contributed by atoms with E-state index in [1.807, 2.05) is 24.3 Å². The number of rotatable bonds is 5. The molecule has 0 aliphatic carbocycles. The summed E-state index contributed by atoms with van der Waals surface area (Å²) in [7, 11) is 2.10. The van der Waals surface area contributed by atoms with Crippen molar-refractivity contribution in [2.45, 2.75) is 12.8 Å². The van der Waals surface area contributed by atoms with Crippen molar-refractivity contribution in [3.05, 3.63) is 29.8 Å². The lowest BCUT2D eigenvalue weighted by Crippen LogP contribution is -2.31. The maximum Gasteiger partial charge on any atom is 0.150 e. The van der Waals surface area contributed by atoms with Crippen LogP contribution in [0.2, 0.25) is 0 Å². The molecule has 0 radical (unpaired) electrons. The predicted molar refractivity (Wildman–Crippen MR) is 70.8 cm³/mol. The van der Waals surface area contributed by atoms with Crippen molar-refractivity contribution in [2.24, 2.45) is 0 Å². The van der Waals surface area contributed by atoms with Crippen LogP contribution in [0.3, 0.4) is 0 Å². The normalized spacial score (nSPS) is 16.1. The summed E-state index contributed by atoms with van der Waals surface area (Å²) in [6.45, 7) is 4.67. The van der Waals surface area contributed by atoms with Crippen molar-refractivity contribution in [1.29, 1.82) is 0 Å². The first kappa shape index (κ1) is 12.1. The van der Waals surface area contributed by atoms with Crippen molar-refractivity contribution in [1.82, 2.24) is 4.90 Å². The molecule has 1 aliphatic rings. The largest absolute Gasteiger partial charge is 0.373 e. The Bertz CT molecular complexity index is 355. The summed E-state index contributed by atoms with van der Waals surface area (Å²) in [5.74, 6) is 0. The predicted octanol–water partition coefficient (Wildman–Crippen LogP) is 2.03. The monoisotopic (exact) mass is 232 g/mol. The molecule has 0 unspecified atom stereocenters. The Hall–Kier alpha value is -1.35. The molecule has 1 heterocycles. The van der Waals surface area contributed by atoms with Crippen molar-refractivity contribution in [3.8, 4) is 0 Å². The van der Waals surface area contributed by atoms with Gasteiger partial charge in [0.1, 0.15) is 6.29 Å². The van der Waals surface area contributed by atoms with E-state index in [0.717, 1.165) is 24.9 Å². The van der Waals surface area contributed by atoms with Crippen LogP contribution in [-0.2, 0) is 0 Å². The van der Waals surface area contributed by atoms with Gasteiger partial charge in [0.2, 0.25) is 0 Å². The van der Waals surface area contributed by atoms with Gasteiger partial charge in [0.25, 0.3) is 0 Å². The number of carbonyl (C=O) groups is 1. The summed E-state index contributed by atoms with van der Waals surface area (Å²) in [6, 6.07) is 7.75. The van der Waals surface area contributed by atoms with E-state index < -0.39 is 0 Å². The zero-order valence-electron chi connectivity index (χ0n) is 10.4. The lowest BCUT2D eigenvalue weighted by Gasteiger charge is -2.23. The Morgan fingerprint density at radius 3 is 2.47 bits per heavy atom. The maximum absolute atomic E-state index is 10.6. The molecule has 1 aliphatic heterocycles. The number of nitrogens with zero attached hydrogens (tertiary/aromatic N) is 2. The quantitative estimate of drug-likeness (QED) is 0.726. The van der Waals surface area contributed by atoms with E-state index in [1.54, 1.807) is 0 Å². The SMILES string of the molecule is CN(CCN1CCCC1)c1ccc(C=O)cc1. The minimum atomic E-state index is 0.738. The number of hydrogen-bond donors (Lipinski definition) is 0. The highest BCUT2D eigenvalue weighted by molar-refractivity contribution is 5.75. The Balaban J connectivity index is 1.85. The molecule has 0 atom stereocenters.